The number of carbonyl (C=O) groups excluding carboxylic acids is 1. The fourth-order valence-electron chi connectivity index (χ4n) is 4.17. The van der Waals surface area contributed by atoms with Crippen LogP contribution in [0.2, 0.25) is 0 Å². The average molecular weight is 494 g/mol. The quantitative estimate of drug-likeness (QED) is 0.312. The van der Waals surface area contributed by atoms with Gasteiger partial charge in [-0.2, -0.15) is 5.10 Å². The molecule has 0 N–H and O–H groups in total. The number of carbonyl (C=O) groups is 1. The summed E-state index contributed by atoms with van der Waals surface area (Å²) in [5, 5.41) is 17.9. The Labute approximate surface area is 204 Å². The summed E-state index contributed by atoms with van der Waals surface area (Å²) in [7, 11) is 0. The molecule has 1 saturated carbocycles. The lowest BCUT2D eigenvalue weighted by molar-refractivity contribution is -0.130. The van der Waals surface area contributed by atoms with Gasteiger partial charge in [0.25, 0.3) is 5.91 Å². The zero-order chi connectivity index (χ0) is 23.1. The van der Waals surface area contributed by atoms with Crippen molar-refractivity contribution >= 4 is 34.7 Å². The number of hydrazone groups is 1. The third-order valence-corrected chi connectivity index (χ3v) is 7.75. The Morgan fingerprint density at radius 3 is 2.82 bits per heavy atom. The van der Waals surface area contributed by atoms with Crippen molar-refractivity contribution in [3.8, 4) is 0 Å². The second kappa shape index (κ2) is 8.92. The van der Waals surface area contributed by atoms with E-state index in [1.807, 2.05) is 31.2 Å². The van der Waals surface area contributed by atoms with Crippen LogP contribution in [0.3, 0.4) is 0 Å². The van der Waals surface area contributed by atoms with Crippen LogP contribution in [0, 0.1) is 6.92 Å². The van der Waals surface area contributed by atoms with E-state index in [4.69, 9.17) is 8.83 Å². The van der Waals surface area contributed by atoms with Crippen molar-refractivity contribution < 1.29 is 13.6 Å². The number of thiophene rings is 1. The molecule has 0 bridgehead atoms. The number of thioether (sulfide) groups is 1. The Morgan fingerprint density at radius 1 is 1.21 bits per heavy atom. The first-order valence-electron chi connectivity index (χ1n) is 11.2. The summed E-state index contributed by atoms with van der Waals surface area (Å²) in [5.41, 5.74) is 0.743. The Kier molecular flexibility index (Phi) is 5.62. The van der Waals surface area contributed by atoms with Crippen molar-refractivity contribution in [2.24, 2.45) is 5.10 Å². The molecule has 0 radical (unpaired) electrons. The smallest absolute Gasteiger partial charge is 0.253 e. The number of nitrogens with zero attached hydrogens (tertiary/aromatic N) is 5. The molecule has 0 unspecified atom stereocenters. The van der Waals surface area contributed by atoms with Crippen molar-refractivity contribution in [3.63, 3.8) is 0 Å². The summed E-state index contributed by atoms with van der Waals surface area (Å²) in [6.45, 7) is 1.89. The van der Waals surface area contributed by atoms with Crippen molar-refractivity contribution in [3.05, 3.63) is 76.0 Å². The minimum Gasteiger partial charge on any atom is -0.467 e. The van der Waals surface area contributed by atoms with Crippen molar-refractivity contribution in [1.82, 2.24) is 19.8 Å². The summed E-state index contributed by atoms with van der Waals surface area (Å²) in [6, 6.07) is 11.8. The molecule has 1 aliphatic carbocycles. The number of aromatic nitrogens is 3. The molecule has 34 heavy (non-hydrogen) atoms. The summed E-state index contributed by atoms with van der Waals surface area (Å²) >= 11 is 3.14. The Balaban J connectivity index is 1.21. The molecule has 174 valence electrons. The van der Waals surface area contributed by atoms with Crippen LogP contribution in [0.4, 0.5) is 0 Å². The predicted molar refractivity (Wildman–Crippen MR) is 129 cm³/mol. The van der Waals surface area contributed by atoms with Gasteiger partial charge in [-0.15, -0.1) is 21.5 Å². The number of amides is 1. The zero-order valence-corrected chi connectivity index (χ0v) is 20.2. The van der Waals surface area contributed by atoms with Crippen LogP contribution in [-0.4, -0.2) is 37.1 Å². The van der Waals surface area contributed by atoms with Gasteiger partial charge in [0.2, 0.25) is 0 Å². The lowest BCUT2D eigenvalue weighted by atomic mass is 10.1. The summed E-state index contributed by atoms with van der Waals surface area (Å²) < 4.78 is 13.6. The molecule has 4 aromatic rings. The second-order valence-electron chi connectivity index (χ2n) is 8.48. The fraction of sp³-hybridized carbons (Fsp3) is 0.333. The van der Waals surface area contributed by atoms with Gasteiger partial charge in [0.05, 0.1) is 12.0 Å². The monoisotopic (exact) mass is 493 g/mol. The van der Waals surface area contributed by atoms with Crippen LogP contribution in [0.15, 0.2) is 67.1 Å². The van der Waals surface area contributed by atoms with Gasteiger partial charge < -0.3 is 13.4 Å². The highest BCUT2D eigenvalue weighted by Crippen LogP contribution is 2.40. The number of rotatable bonds is 8. The van der Waals surface area contributed by atoms with Crippen LogP contribution >= 0.6 is 23.1 Å². The standard InChI is InChI=1S/C24H23N5O3S2/c1-15-6-9-20(32-15)18-13-19(21-5-2-10-31-21)29(27-18)23(30)14-34-24-26-25-22(28(24)16-7-8-16)12-17-4-3-11-33-17/h2-6,9-11,16,19H,7-8,12-14H2,1H3/t19-/m1/s1. The minimum atomic E-state index is -0.292. The van der Waals surface area contributed by atoms with Gasteiger partial charge in [-0.25, -0.2) is 5.01 Å². The third-order valence-electron chi connectivity index (χ3n) is 5.95. The van der Waals surface area contributed by atoms with Crippen LogP contribution in [-0.2, 0) is 11.2 Å². The Hall–Kier alpha value is -3.11. The Bertz CT molecular complexity index is 1320. The van der Waals surface area contributed by atoms with E-state index >= 15 is 0 Å². The molecule has 8 nitrogen and oxygen atoms in total. The highest BCUT2D eigenvalue weighted by atomic mass is 32.2. The number of furan rings is 2. The van der Waals surface area contributed by atoms with E-state index in [9.17, 15) is 4.79 Å². The molecule has 0 spiro atoms. The largest absolute Gasteiger partial charge is 0.467 e. The highest BCUT2D eigenvalue weighted by molar-refractivity contribution is 7.99. The van der Waals surface area contributed by atoms with E-state index in [0.717, 1.165) is 41.7 Å². The first-order chi connectivity index (χ1) is 16.7. The Morgan fingerprint density at radius 2 is 2.12 bits per heavy atom. The van der Waals surface area contributed by atoms with Crippen LogP contribution in [0.25, 0.3) is 0 Å². The number of hydrogen-bond donors (Lipinski definition) is 0. The third kappa shape index (κ3) is 4.23. The van der Waals surface area contributed by atoms with E-state index in [1.165, 1.54) is 21.6 Å². The molecule has 2 aliphatic rings. The maximum Gasteiger partial charge on any atom is 0.253 e. The molecule has 0 aromatic carbocycles. The minimum absolute atomic E-state index is 0.102. The molecular weight excluding hydrogens is 470 g/mol. The molecule has 1 amide bonds. The summed E-state index contributed by atoms with van der Waals surface area (Å²) in [5.74, 6) is 3.28. The first kappa shape index (κ1) is 21.4. The fourth-order valence-corrected chi connectivity index (χ4v) is 5.75. The molecule has 1 atom stereocenters. The number of aryl methyl sites for hydroxylation is 1. The number of hydrogen-bond acceptors (Lipinski definition) is 8. The van der Waals surface area contributed by atoms with E-state index in [1.54, 1.807) is 17.6 Å². The molecule has 1 aliphatic heterocycles. The van der Waals surface area contributed by atoms with Gasteiger partial charge in [0.1, 0.15) is 34.9 Å². The lowest BCUT2D eigenvalue weighted by Gasteiger charge is -2.19. The summed E-state index contributed by atoms with van der Waals surface area (Å²) in [4.78, 5) is 14.6. The summed E-state index contributed by atoms with van der Waals surface area (Å²) in [6.07, 6.45) is 5.17. The van der Waals surface area contributed by atoms with E-state index in [0.29, 0.717) is 24.0 Å². The van der Waals surface area contributed by atoms with Gasteiger partial charge in [0.15, 0.2) is 5.16 Å². The molecule has 4 aromatic heterocycles. The zero-order valence-electron chi connectivity index (χ0n) is 18.6. The maximum atomic E-state index is 13.3. The normalized spacial score (nSPS) is 18.0. The van der Waals surface area contributed by atoms with Crippen molar-refractivity contribution in [2.45, 2.75) is 49.8 Å². The maximum absolute atomic E-state index is 13.3. The van der Waals surface area contributed by atoms with Crippen LogP contribution in [0.1, 0.15) is 59.3 Å². The molecule has 10 heteroatoms. The highest BCUT2D eigenvalue weighted by Gasteiger charge is 2.36. The van der Waals surface area contributed by atoms with E-state index < -0.39 is 0 Å². The first-order valence-corrected chi connectivity index (χ1v) is 13.1. The molecule has 6 rings (SSSR count). The molecular formula is C24H23N5O3S2. The van der Waals surface area contributed by atoms with Gasteiger partial charge in [-0.3, -0.25) is 4.79 Å². The average Bonchev–Trinajstić information content (AvgIpc) is 3.42. The van der Waals surface area contributed by atoms with Gasteiger partial charge in [-0.1, -0.05) is 17.8 Å². The lowest BCUT2D eigenvalue weighted by Crippen LogP contribution is -2.28. The van der Waals surface area contributed by atoms with Crippen molar-refractivity contribution in [1.29, 1.82) is 0 Å². The second-order valence-corrected chi connectivity index (χ2v) is 10.5. The SMILES string of the molecule is Cc1ccc(C2=NN(C(=O)CSc3nnc(Cc4cccs4)n3C3CC3)[C@@H](c3ccco3)C2)o1. The van der Waals surface area contributed by atoms with E-state index in [2.05, 4.69) is 37.4 Å². The topological polar surface area (TPSA) is 89.7 Å². The molecule has 1 fully saturated rings. The van der Waals surface area contributed by atoms with Gasteiger partial charge in [0, 0.05) is 23.8 Å². The van der Waals surface area contributed by atoms with Crippen LogP contribution in [0.5, 0.6) is 0 Å². The van der Waals surface area contributed by atoms with Crippen molar-refractivity contribution in [2.75, 3.05) is 5.75 Å². The van der Waals surface area contributed by atoms with Crippen LogP contribution < -0.4 is 0 Å². The molecule has 5 heterocycles. The molecule has 0 saturated heterocycles. The van der Waals surface area contributed by atoms with Gasteiger partial charge in [-0.05, 0) is 55.5 Å². The van der Waals surface area contributed by atoms with Gasteiger partial charge >= 0.3 is 0 Å². The van der Waals surface area contributed by atoms with E-state index in [-0.39, 0.29) is 17.7 Å². The predicted octanol–water partition coefficient (Wildman–Crippen LogP) is 5.23.